The third kappa shape index (κ3) is 6.30. The number of rotatable bonds is 7. The molecule has 7 nitrogen and oxygen atoms in total. The van der Waals surface area contributed by atoms with Crippen LogP contribution in [0.1, 0.15) is 39.7 Å². The average molecular weight is 331 g/mol. The van der Waals surface area contributed by atoms with E-state index in [2.05, 4.69) is 20.7 Å². The van der Waals surface area contributed by atoms with Crippen LogP contribution in [0.15, 0.2) is 35.4 Å². The maximum atomic E-state index is 12.8. The van der Waals surface area contributed by atoms with Crippen LogP contribution in [-0.4, -0.2) is 29.4 Å². The Morgan fingerprint density at radius 3 is 2.29 bits per heavy atom. The molecule has 2 N–H and O–H groups in total. The summed E-state index contributed by atoms with van der Waals surface area (Å²) in [5.41, 5.74) is 7.97. The molecule has 1 aromatic carbocycles. The van der Waals surface area contributed by atoms with Crippen LogP contribution in [0.4, 0.5) is 0 Å². The van der Waals surface area contributed by atoms with Crippen LogP contribution in [-0.2, 0) is 16.0 Å². The molecule has 0 aliphatic rings. The van der Waals surface area contributed by atoms with Gasteiger partial charge in [-0.1, -0.05) is 35.4 Å². The number of amides is 2. The van der Waals surface area contributed by atoms with E-state index in [9.17, 15) is 9.59 Å². The molecule has 24 heavy (non-hydrogen) atoms. The fourth-order valence-corrected chi connectivity index (χ4v) is 2.38. The normalized spacial score (nSPS) is 13.3. The molecular weight excluding hydrogens is 306 g/mol. The number of nitrogens with one attached hydrogen (secondary N) is 2. The fraction of sp³-hybridized carbons (Fsp3) is 0.529. The van der Waals surface area contributed by atoms with Crippen molar-refractivity contribution in [3.05, 3.63) is 46.3 Å². The summed E-state index contributed by atoms with van der Waals surface area (Å²) in [6, 6.07) is 9.65. The zero-order valence-corrected chi connectivity index (χ0v) is 14.7. The first-order valence-electron chi connectivity index (χ1n) is 7.85. The summed E-state index contributed by atoms with van der Waals surface area (Å²) in [5.74, 6) is -0.700. The summed E-state index contributed by atoms with van der Waals surface area (Å²) in [7, 11) is 0. The molecule has 0 radical (unpaired) electrons. The highest BCUT2D eigenvalue weighted by atomic mass is 16.2. The van der Waals surface area contributed by atoms with Crippen LogP contribution in [0.25, 0.3) is 10.4 Å². The Labute approximate surface area is 142 Å². The van der Waals surface area contributed by atoms with Crippen LogP contribution in [0.5, 0.6) is 0 Å². The van der Waals surface area contributed by atoms with Crippen molar-refractivity contribution in [3.63, 3.8) is 0 Å². The van der Waals surface area contributed by atoms with Crippen molar-refractivity contribution in [2.75, 3.05) is 6.54 Å². The summed E-state index contributed by atoms with van der Waals surface area (Å²) >= 11 is 0. The van der Waals surface area contributed by atoms with Crippen LogP contribution in [0.3, 0.4) is 0 Å². The second-order valence-electron chi connectivity index (χ2n) is 6.84. The Morgan fingerprint density at radius 2 is 1.79 bits per heavy atom. The van der Waals surface area contributed by atoms with Gasteiger partial charge in [0.05, 0.1) is 6.54 Å². The summed E-state index contributed by atoms with van der Waals surface area (Å²) in [5, 5.41) is 9.14. The Balaban J connectivity index is 3.11. The number of aryl methyl sites for hydroxylation is 1. The number of benzene rings is 1. The maximum Gasteiger partial charge on any atom is 0.246 e. The molecule has 7 heteroatoms. The van der Waals surface area contributed by atoms with E-state index < -0.39 is 11.1 Å². The topological polar surface area (TPSA) is 107 Å². The van der Waals surface area contributed by atoms with Crippen LogP contribution in [0, 0.1) is 0 Å². The summed E-state index contributed by atoms with van der Waals surface area (Å²) in [6.07, 6.45) is 0.900. The van der Waals surface area contributed by atoms with E-state index in [-0.39, 0.29) is 18.4 Å². The van der Waals surface area contributed by atoms with Gasteiger partial charge in [0, 0.05) is 17.4 Å². The number of azide groups is 1. The smallest absolute Gasteiger partial charge is 0.246 e. The van der Waals surface area contributed by atoms with E-state index in [4.69, 9.17) is 5.53 Å². The molecule has 0 fully saturated rings. The van der Waals surface area contributed by atoms with Gasteiger partial charge in [-0.2, -0.15) is 0 Å². The second kappa shape index (κ2) is 8.36. The first-order chi connectivity index (χ1) is 11.2. The lowest BCUT2D eigenvalue weighted by Gasteiger charge is -2.35. The molecular formula is C17H25N5O2. The van der Waals surface area contributed by atoms with E-state index in [0.29, 0.717) is 12.8 Å². The molecule has 0 aliphatic heterocycles. The van der Waals surface area contributed by atoms with Gasteiger partial charge in [-0.05, 0) is 44.7 Å². The third-order valence-corrected chi connectivity index (χ3v) is 3.43. The average Bonchev–Trinajstić information content (AvgIpc) is 2.49. The summed E-state index contributed by atoms with van der Waals surface area (Å²) in [6.45, 7) is 6.77. The second-order valence-corrected chi connectivity index (χ2v) is 6.84. The summed E-state index contributed by atoms with van der Waals surface area (Å²) < 4.78 is 0. The van der Waals surface area contributed by atoms with Gasteiger partial charge in [-0.15, -0.1) is 0 Å². The Hall–Kier alpha value is -2.53. The number of carbonyl (C=O) groups is 2. The summed E-state index contributed by atoms with van der Waals surface area (Å²) in [4.78, 5) is 27.3. The largest absolute Gasteiger partial charge is 0.349 e. The zero-order valence-electron chi connectivity index (χ0n) is 14.7. The minimum atomic E-state index is -1.28. The molecule has 0 heterocycles. The molecule has 0 aliphatic carbocycles. The van der Waals surface area contributed by atoms with Gasteiger partial charge in [0.1, 0.15) is 5.54 Å². The lowest BCUT2D eigenvalue weighted by Crippen LogP contribution is -2.63. The molecule has 0 saturated heterocycles. The van der Waals surface area contributed by atoms with Gasteiger partial charge in [0.25, 0.3) is 0 Å². The monoisotopic (exact) mass is 331 g/mol. The minimum absolute atomic E-state index is 0.141. The van der Waals surface area contributed by atoms with Crippen molar-refractivity contribution in [2.24, 2.45) is 5.11 Å². The van der Waals surface area contributed by atoms with Crippen molar-refractivity contribution in [1.82, 2.24) is 10.6 Å². The highest BCUT2D eigenvalue weighted by Gasteiger charge is 2.39. The van der Waals surface area contributed by atoms with E-state index in [1.165, 1.54) is 6.92 Å². The molecule has 0 bridgehead atoms. The van der Waals surface area contributed by atoms with E-state index in [1.54, 1.807) is 0 Å². The van der Waals surface area contributed by atoms with Crippen LogP contribution < -0.4 is 10.6 Å². The lowest BCUT2D eigenvalue weighted by atomic mass is 9.88. The van der Waals surface area contributed by atoms with Gasteiger partial charge < -0.3 is 10.6 Å². The molecule has 0 aromatic heterocycles. The van der Waals surface area contributed by atoms with E-state index >= 15 is 0 Å². The van der Waals surface area contributed by atoms with Crippen LogP contribution in [0.2, 0.25) is 0 Å². The van der Waals surface area contributed by atoms with Gasteiger partial charge in [0.15, 0.2) is 0 Å². The molecule has 130 valence electrons. The Kier molecular flexibility index (Phi) is 6.80. The molecule has 1 atom stereocenters. The van der Waals surface area contributed by atoms with Crippen molar-refractivity contribution < 1.29 is 9.59 Å². The molecule has 1 rings (SSSR count). The van der Waals surface area contributed by atoms with Crippen molar-refractivity contribution >= 4 is 11.8 Å². The predicted molar refractivity (Wildman–Crippen MR) is 93.2 cm³/mol. The number of hydrogen-bond acceptors (Lipinski definition) is 3. The molecule has 0 spiro atoms. The number of nitrogens with zero attached hydrogens (tertiary/aromatic N) is 3. The Bertz CT molecular complexity index is 612. The van der Waals surface area contributed by atoms with E-state index in [0.717, 1.165) is 5.56 Å². The highest BCUT2D eigenvalue weighted by molar-refractivity contribution is 5.91. The molecule has 1 unspecified atom stereocenters. The van der Waals surface area contributed by atoms with Gasteiger partial charge in [0.2, 0.25) is 11.8 Å². The number of hydrogen-bond donors (Lipinski definition) is 2. The molecule has 1 aromatic rings. The first kappa shape index (κ1) is 19.5. The predicted octanol–water partition coefficient (Wildman–Crippen LogP) is 2.72. The van der Waals surface area contributed by atoms with Crippen molar-refractivity contribution in [2.45, 2.75) is 51.6 Å². The van der Waals surface area contributed by atoms with Gasteiger partial charge >= 0.3 is 0 Å². The fourth-order valence-electron chi connectivity index (χ4n) is 2.38. The highest BCUT2D eigenvalue weighted by Crippen LogP contribution is 2.18. The zero-order chi connectivity index (χ0) is 18.2. The van der Waals surface area contributed by atoms with Crippen molar-refractivity contribution in [1.29, 1.82) is 0 Å². The third-order valence-electron chi connectivity index (χ3n) is 3.43. The van der Waals surface area contributed by atoms with Crippen molar-refractivity contribution in [3.8, 4) is 0 Å². The minimum Gasteiger partial charge on any atom is -0.349 e. The van der Waals surface area contributed by atoms with Gasteiger partial charge in [-0.25, -0.2) is 0 Å². The lowest BCUT2D eigenvalue weighted by molar-refractivity contribution is -0.134. The number of carbonyl (C=O) groups excluding carboxylic acids is 2. The van der Waals surface area contributed by atoms with E-state index in [1.807, 2.05) is 51.1 Å². The maximum absolute atomic E-state index is 12.8. The van der Waals surface area contributed by atoms with Gasteiger partial charge in [-0.3, -0.25) is 9.59 Å². The van der Waals surface area contributed by atoms with Crippen LogP contribution >= 0.6 is 0 Å². The quantitative estimate of drug-likeness (QED) is 0.455. The Morgan fingerprint density at radius 1 is 1.17 bits per heavy atom. The standard InChI is InChI=1S/C17H25N5O2/c1-13(23)20-17(12-19-22-18,15(24)21-16(2,3)4)11-10-14-8-6-5-7-9-14/h5-9H,10-12H2,1-4H3,(H,20,23)(H,21,24). The SMILES string of the molecule is CC(=O)NC(CCc1ccccc1)(CN=[N+]=[N-])C(=O)NC(C)(C)C. The molecule has 2 amide bonds. The first-order valence-corrected chi connectivity index (χ1v) is 7.85. The molecule has 0 saturated carbocycles.